The summed E-state index contributed by atoms with van der Waals surface area (Å²) in [6.45, 7) is 5.14. The molecule has 8 heteroatoms. The van der Waals surface area contributed by atoms with Crippen LogP contribution < -0.4 is 10.1 Å². The molecule has 2 heterocycles. The van der Waals surface area contributed by atoms with Crippen molar-refractivity contribution in [3.8, 4) is 5.75 Å². The SMILES string of the molecule is Cc1cccc(C(=O)Nc2cc3oc(C4CCC(C=O)CC4)nc3cc2OCC(C)(C)O)n1. The van der Waals surface area contributed by atoms with Crippen molar-refractivity contribution >= 4 is 29.0 Å². The number of pyridine rings is 1. The number of nitrogens with one attached hydrogen (secondary N) is 1. The van der Waals surface area contributed by atoms with Crippen molar-refractivity contribution in [1.29, 1.82) is 0 Å². The number of aliphatic hydroxyl groups is 1. The Morgan fingerprint density at radius 3 is 2.67 bits per heavy atom. The normalized spacial score (nSPS) is 18.8. The zero-order valence-corrected chi connectivity index (χ0v) is 19.1. The summed E-state index contributed by atoms with van der Waals surface area (Å²) in [7, 11) is 0. The van der Waals surface area contributed by atoms with Gasteiger partial charge in [-0.2, -0.15) is 0 Å². The van der Waals surface area contributed by atoms with Crippen LogP contribution >= 0.6 is 0 Å². The molecule has 3 aromatic rings. The minimum atomic E-state index is -1.06. The number of aldehydes is 1. The van der Waals surface area contributed by atoms with Gasteiger partial charge in [0, 0.05) is 29.7 Å². The summed E-state index contributed by atoms with van der Waals surface area (Å²) in [5.74, 6) is 0.910. The molecule has 0 bridgehead atoms. The molecule has 33 heavy (non-hydrogen) atoms. The van der Waals surface area contributed by atoms with Crippen LogP contribution in [0, 0.1) is 12.8 Å². The lowest BCUT2D eigenvalue weighted by atomic mass is 9.83. The number of carbonyl (C=O) groups is 2. The average Bonchev–Trinajstić information content (AvgIpc) is 3.20. The number of nitrogens with zero attached hydrogens (tertiary/aromatic N) is 2. The Balaban J connectivity index is 1.64. The molecule has 0 spiro atoms. The van der Waals surface area contributed by atoms with Gasteiger partial charge in [0.25, 0.3) is 5.91 Å². The number of anilines is 1. The minimum Gasteiger partial charge on any atom is -0.488 e. The molecule has 0 atom stereocenters. The van der Waals surface area contributed by atoms with E-state index in [-0.39, 0.29) is 30.0 Å². The summed E-state index contributed by atoms with van der Waals surface area (Å²) in [4.78, 5) is 32.8. The highest BCUT2D eigenvalue weighted by Crippen LogP contribution is 2.38. The van der Waals surface area contributed by atoms with E-state index in [1.54, 1.807) is 38.1 Å². The first-order valence-electron chi connectivity index (χ1n) is 11.2. The van der Waals surface area contributed by atoms with Crippen LogP contribution in [-0.4, -0.2) is 39.5 Å². The van der Waals surface area contributed by atoms with Crippen LogP contribution in [0.1, 0.15) is 67.5 Å². The van der Waals surface area contributed by atoms with Crippen LogP contribution in [0.25, 0.3) is 11.1 Å². The summed E-state index contributed by atoms with van der Waals surface area (Å²) in [6, 6.07) is 8.63. The molecule has 0 unspecified atom stereocenters. The van der Waals surface area contributed by atoms with E-state index in [9.17, 15) is 14.7 Å². The monoisotopic (exact) mass is 451 g/mol. The minimum absolute atomic E-state index is 0.0322. The van der Waals surface area contributed by atoms with Crippen molar-refractivity contribution in [3.05, 3.63) is 47.6 Å². The van der Waals surface area contributed by atoms with Crippen molar-refractivity contribution in [1.82, 2.24) is 9.97 Å². The summed E-state index contributed by atoms with van der Waals surface area (Å²) in [5.41, 5.74) is 1.52. The number of benzene rings is 1. The Hall–Kier alpha value is -3.26. The number of aromatic nitrogens is 2. The molecule has 0 radical (unpaired) electrons. The molecule has 1 fully saturated rings. The fraction of sp³-hybridized carbons (Fsp3) is 0.440. The topological polar surface area (TPSA) is 115 Å². The number of hydrogen-bond donors (Lipinski definition) is 2. The Morgan fingerprint density at radius 1 is 1.24 bits per heavy atom. The maximum Gasteiger partial charge on any atom is 0.274 e. The third-order valence-corrected chi connectivity index (χ3v) is 5.77. The molecule has 0 saturated heterocycles. The lowest BCUT2D eigenvalue weighted by Crippen LogP contribution is -2.28. The predicted molar refractivity (Wildman–Crippen MR) is 123 cm³/mol. The van der Waals surface area contributed by atoms with Gasteiger partial charge in [-0.1, -0.05) is 6.07 Å². The van der Waals surface area contributed by atoms with Gasteiger partial charge in [-0.25, -0.2) is 9.97 Å². The van der Waals surface area contributed by atoms with E-state index in [1.165, 1.54) is 0 Å². The van der Waals surface area contributed by atoms with Gasteiger partial charge < -0.3 is 24.4 Å². The predicted octanol–water partition coefficient (Wildman–Crippen LogP) is 4.41. The van der Waals surface area contributed by atoms with Crippen LogP contribution in [0.5, 0.6) is 5.75 Å². The summed E-state index contributed by atoms with van der Waals surface area (Å²) in [6.07, 6.45) is 4.39. The lowest BCUT2D eigenvalue weighted by Gasteiger charge is -2.22. The third kappa shape index (κ3) is 5.57. The molecule has 1 aliphatic carbocycles. The van der Waals surface area contributed by atoms with Crippen LogP contribution in [-0.2, 0) is 4.79 Å². The maximum atomic E-state index is 12.8. The molecule has 1 aromatic carbocycles. The molecule has 2 N–H and O–H groups in total. The van der Waals surface area contributed by atoms with E-state index in [0.717, 1.165) is 37.7 Å². The van der Waals surface area contributed by atoms with Crippen LogP contribution in [0.3, 0.4) is 0 Å². The highest BCUT2D eigenvalue weighted by molar-refractivity contribution is 6.04. The molecule has 1 aliphatic rings. The Bertz CT molecular complexity index is 1160. The Morgan fingerprint density at radius 2 is 2.00 bits per heavy atom. The molecular formula is C25H29N3O5. The van der Waals surface area contributed by atoms with Crippen molar-refractivity contribution < 1.29 is 23.8 Å². The number of carbonyl (C=O) groups excluding carboxylic acids is 2. The number of ether oxygens (including phenoxy) is 1. The molecule has 1 saturated carbocycles. The molecule has 1 amide bonds. The zero-order chi connectivity index (χ0) is 23.6. The average molecular weight is 452 g/mol. The number of oxazole rings is 1. The Labute approximate surface area is 192 Å². The van der Waals surface area contributed by atoms with Crippen molar-refractivity contribution in [2.45, 2.75) is 58.0 Å². The van der Waals surface area contributed by atoms with Gasteiger partial charge in [0.05, 0.1) is 11.3 Å². The number of aryl methyl sites for hydroxylation is 1. The quantitative estimate of drug-likeness (QED) is 0.512. The van der Waals surface area contributed by atoms with Gasteiger partial charge in [-0.15, -0.1) is 0 Å². The second kappa shape index (κ2) is 9.31. The standard InChI is InChI=1S/C25H29N3O5/c1-15-5-4-6-18(26-15)23(30)27-19-12-22-20(11-21(19)32-14-25(2,3)31)28-24(33-22)17-9-7-16(13-29)8-10-17/h4-6,11-13,16-17,31H,7-10,14H2,1-3H3,(H,27,30). The number of hydrogen-bond acceptors (Lipinski definition) is 7. The van der Waals surface area contributed by atoms with Crippen molar-refractivity contribution in [3.63, 3.8) is 0 Å². The van der Waals surface area contributed by atoms with Crippen LogP contribution in [0.4, 0.5) is 5.69 Å². The van der Waals surface area contributed by atoms with Crippen molar-refractivity contribution in [2.24, 2.45) is 5.92 Å². The molecule has 174 valence electrons. The fourth-order valence-corrected chi connectivity index (χ4v) is 3.98. The second-order valence-corrected chi connectivity index (χ2v) is 9.34. The Kier molecular flexibility index (Phi) is 6.47. The first kappa shape index (κ1) is 22.9. The van der Waals surface area contributed by atoms with Crippen molar-refractivity contribution in [2.75, 3.05) is 11.9 Å². The van der Waals surface area contributed by atoms with Gasteiger partial charge >= 0.3 is 0 Å². The molecule has 4 rings (SSSR count). The summed E-state index contributed by atoms with van der Waals surface area (Å²) in [5, 5.41) is 13.0. The van der Waals surface area contributed by atoms with Crippen LogP contribution in [0.15, 0.2) is 34.7 Å². The van der Waals surface area contributed by atoms with Crippen LogP contribution in [0.2, 0.25) is 0 Å². The fourth-order valence-electron chi connectivity index (χ4n) is 3.98. The van der Waals surface area contributed by atoms with E-state index in [4.69, 9.17) is 9.15 Å². The lowest BCUT2D eigenvalue weighted by molar-refractivity contribution is -0.112. The largest absolute Gasteiger partial charge is 0.488 e. The molecule has 8 nitrogen and oxygen atoms in total. The van der Waals surface area contributed by atoms with Gasteiger partial charge in [0.1, 0.15) is 29.9 Å². The van der Waals surface area contributed by atoms with Gasteiger partial charge in [-0.3, -0.25) is 4.79 Å². The number of amides is 1. The van der Waals surface area contributed by atoms with E-state index in [0.29, 0.717) is 28.4 Å². The number of rotatable bonds is 7. The van der Waals surface area contributed by atoms with Gasteiger partial charge in [-0.05, 0) is 58.6 Å². The van der Waals surface area contributed by atoms with E-state index in [1.807, 2.05) is 13.0 Å². The van der Waals surface area contributed by atoms with Gasteiger partial charge in [0.15, 0.2) is 11.5 Å². The van der Waals surface area contributed by atoms with E-state index in [2.05, 4.69) is 15.3 Å². The summed E-state index contributed by atoms with van der Waals surface area (Å²) < 4.78 is 11.9. The highest BCUT2D eigenvalue weighted by Gasteiger charge is 2.26. The van der Waals surface area contributed by atoms with E-state index < -0.39 is 5.60 Å². The van der Waals surface area contributed by atoms with Gasteiger partial charge in [0.2, 0.25) is 0 Å². The second-order valence-electron chi connectivity index (χ2n) is 9.34. The molecule has 2 aromatic heterocycles. The first-order valence-corrected chi connectivity index (χ1v) is 11.2. The summed E-state index contributed by atoms with van der Waals surface area (Å²) >= 11 is 0. The highest BCUT2D eigenvalue weighted by atomic mass is 16.5. The van der Waals surface area contributed by atoms with E-state index >= 15 is 0 Å². The maximum absolute atomic E-state index is 12.8. The number of fused-ring (bicyclic) bond motifs is 1. The molecular weight excluding hydrogens is 422 g/mol. The molecule has 0 aliphatic heterocycles. The third-order valence-electron chi connectivity index (χ3n) is 5.77. The first-order chi connectivity index (χ1) is 15.7. The zero-order valence-electron chi connectivity index (χ0n) is 19.1. The smallest absolute Gasteiger partial charge is 0.274 e.